The molecule has 1 aromatic carbocycles. The van der Waals surface area contributed by atoms with Crippen molar-refractivity contribution in [1.29, 1.82) is 0 Å². The zero-order chi connectivity index (χ0) is 14.7. The maximum Gasteiger partial charge on any atom is 0.189 e. The predicted octanol–water partition coefficient (Wildman–Crippen LogP) is 4.95. The Kier molecular flexibility index (Phi) is 5.82. The topological polar surface area (TPSA) is 26.3 Å². The summed E-state index contributed by atoms with van der Waals surface area (Å²) in [5.41, 5.74) is 0. The molecule has 4 atom stereocenters. The number of benzene rings is 1. The van der Waals surface area contributed by atoms with E-state index in [-0.39, 0.29) is 6.10 Å². The fourth-order valence-electron chi connectivity index (χ4n) is 2.94. The van der Waals surface area contributed by atoms with Crippen molar-refractivity contribution < 1.29 is 8.39 Å². The minimum absolute atomic E-state index is 0.114. The number of halogens is 1. The molecule has 0 heterocycles. The summed E-state index contributed by atoms with van der Waals surface area (Å²) < 4.78 is 19.3. The predicted molar refractivity (Wildman–Crippen MR) is 86.8 cm³/mol. The van der Waals surface area contributed by atoms with Gasteiger partial charge in [0.05, 0.1) is 11.0 Å². The van der Waals surface area contributed by atoms with Crippen molar-refractivity contribution in [3.63, 3.8) is 0 Å². The van der Waals surface area contributed by atoms with Gasteiger partial charge in [0.25, 0.3) is 0 Å². The third-order valence-electron chi connectivity index (χ3n) is 4.18. The largest absolute Gasteiger partial charge is 0.283 e. The second-order valence-corrected chi connectivity index (χ2v) is 8.20. The van der Waals surface area contributed by atoms with E-state index in [9.17, 15) is 4.21 Å². The van der Waals surface area contributed by atoms with Crippen molar-refractivity contribution >= 4 is 27.0 Å². The average Bonchev–Trinajstić information content (AvgIpc) is 2.39. The number of rotatable bonds is 4. The fraction of sp³-hybridized carbons (Fsp3) is 0.625. The van der Waals surface area contributed by atoms with Crippen LogP contribution in [-0.2, 0) is 15.3 Å². The SMILES string of the molecule is CC1CCC(C(C)C)C(OS(=O)c2ccc(Br)cc2)C1. The molecule has 0 amide bonds. The molecule has 4 unspecified atom stereocenters. The Labute approximate surface area is 133 Å². The van der Waals surface area contributed by atoms with Crippen LogP contribution in [0.4, 0.5) is 0 Å². The first kappa shape index (κ1) is 16.2. The van der Waals surface area contributed by atoms with Crippen molar-refractivity contribution in [3.05, 3.63) is 28.7 Å². The second-order valence-electron chi connectivity index (χ2n) is 6.15. The monoisotopic (exact) mass is 358 g/mol. The summed E-state index contributed by atoms with van der Waals surface area (Å²) in [6.07, 6.45) is 3.57. The number of hydrogen-bond donors (Lipinski definition) is 0. The minimum atomic E-state index is -1.36. The van der Waals surface area contributed by atoms with Gasteiger partial charge in [-0.2, -0.15) is 0 Å². The molecule has 0 saturated heterocycles. The highest BCUT2D eigenvalue weighted by atomic mass is 79.9. The maximum absolute atomic E-state index is 12.4. The Hall–Kier alpha value is -0.190. The molecule has 112 valence electrons. The lowest BCUT2D eigenvalue weighted by molar-refractivity contribution is 0.0567. The zero-order valence-electron chi connectivity index (χ0n) is 12.3. The van der Waals surface area contributed by atoms with Gasteiger partial charge in [0.2, 0.25) is 0 Å². The van der Waals surface area contributed by atoms with Crippen LogP contribution in [0.1, 0.15) is 40.0 Å². The molecule has 0 spiro atoms. The van der Waals surface area contributed by atoms with Crippen molar-refractivity contribution in [1.82, 2.24) is 0 Å². The summed E-state index contributed by atoms with van der Waals surface area (Å²) in [5.74, 6) is 1.76. The van der Waals surface area contributed by atoms with Crippen molar-refractivity contribution in [2.24, 2.45) is 17.8 Å². The van der Waals surface area contributed by atoms with Crippen molar-refractivity contribution in [3.8, 4) is 0 Å². The van der Waals surface area contributed by atoms with Gasteiger partial charge >= 0.3 is 0 Å². The van der Waals surface area contributed by atoms with Crippen LogP contribution in [0.25, 0.3) is 0 Å². The van der Waals surface area contributed by atoms with E-state index >= 15 is 0 Å². The highest BCUT2D eigenvalue weighted by Crippen LogP contribution is 2.36. The lowest BCUT2D eigenvalue weighted by atomic mass is 9.75. The molecule has 0 aliphatic heterocycles. The van der Waals surface area contributed by atoms with Gasteiger partial charge in [-0.15, -0.1) is 0 Å². The lowest BCUT2D eigenvalue weighted by Gasteiger charge is -2.36. The van der Waals surface area contributed by atoms with Crippen LogP contribution < -0.4 is 0 Å². The Morgan fingerprint density at radius 2 is 1.90 bits per heavy atom. The van der Waals surface area contributed by atoms with E-state index in [4.69, 9.17) is 4.18 Å². The van der Waals surface area contributed by atoms with Crippen LogP contribution in [0.5, 0.6) is 0 Å². The van der Waals surface area contributed by atoms with Crippen LogP contribution in [0, 0.1) is 17.8 Å². The van der Waals surface area contributed by atoms with E-state index < -0.39 is 11.1 Å². The molecule has 2 nitrogen and oxygen atoms in total. The molecule has 20 heavy (non-hydrogen) atoms. The van der Waals surface area contributed by atoms with Crippen LogP contribution in [-0.4, -0.2) is 10.3 Å². The molecule has 1 saturated carbocycles. The lowest BCUT2D eigenvalue weighted by Crippen LogP contribution is -2.34. The first-order chi connectivity index (χ1) is 9.47. The maximum atomic E-state index is 12.4. The summed E-state index contributed by atoms with van der Waals surface area (Å²) in [6.45, 7) is 6.73. The highest BCUT2D eigenvalue weighted by Gasteiger charge is 2.33. The van der Waals surface area contributed by atoms with Gasteiger partial charge < -0.3 is 0 Å². The molecular formula is C16H23BrO2S. The molecule has 0 bridgehead atoms. The molecule has 1 fully saturated rings. The Balaban J connectivity index is 2.05. The summed E-state index contributed by atoms with van der Waals surface area (Å²) >= 11 is 2.03. The second kappa shape index (κ2) is 7.19. The van der Waals surface area contributed by atoms with Gasteiger partial charge in [0.15, 0.2) is 11.1 Å². The average molecular weight is 359 g/mol. The summed E-state index contributed by atoms with van der Waals surface area (Å²) in [5, 5.41) is 0. The van der Waals surface area contributed by atoms with E-state index in [1.54, 1.807) is 0 Å². The van der Waals surface area contributed by atoms with E-state index in [2.05, 4.69) is 36.7 Å². The normalized spacial score (nSPS) is 28.6. The first-order valence-electron chi connectivity index (χ1n) is 7.32. The first-order valence-corrected chi connectivity index (χ1v) is 9.18. The van der Waals surface area contributed by atoms with Gasteiger partial charge in [-0.25, -0.2) is 4.21 Å². The van der Waals surface area contributed by atoms with Crippen LogP contribution in [0.3, 0.4) is 0 Å². The van der Waals surface area contributed by atoms with E-state index in [1.807, 2.05) is 24.3 Å². The smallest absolute Gasteiger partial charge is 0.189 e. The molecule has 0 aromatic heterocycles. The van der Waals surface area contributed by atoms with Crippen LogP contribution >= 0.6 is 15.9 Å². The van der Waals surface area contributed by atoms with Gasteiger partial charge in [0.1, 0.15) is 0 Å². The van der Waals surface area contributed by atoms with Gasteiger partial charge in [0, 0.05) is 4.47 Å². The third kappa shape index (κ3) is 4.15. The molecule has 0 radical (unpaired) electrons. The summed E-state index contributed by atoms with van der Waals surface area (Å²) in [7, 11) is 0. The third-order valence-corrected chi connectivity index (χ3v) is 5.79. The Morgan fingerprint density at radius 1 is 1.25 bits per heavy atom. The van der Waals surface area contributed by atoms with Crippen molar-refractivity contribution in [2.45, 2.75) is 51.0 Å². The van der Waals surface area contributed by atoms with Gasteiger partial charge in [-0.05, 0) is 54.9 Å². The zero-order valence-corrected chi connectivity index (χ0v) is 14.7. The summed E-state index contributed by atoms with van der Waals surface area (Å²) in [4.78, 5) is 0.744. The van der Waals surface area contributed by atoms with Gasteiger partial charge in [-0.1, -0.05) is 43.1 Å². The van der Waals surface area contributed by atoms with Crippen molar-refractivity contribution in [2.75, 3.05) is 0 Å². The molecule has 1 aliphatic rings. The molecule has 1 aromatic rings. The minimum Gasteiger partial charge on any atom is -0.283 e. The Bertz CT molecular complexity index is 458. The van der Waals surface area contributed by atoms with E-state index in [1.165, 1.54) is 12.8 Å². The highest BCUT2D eigenvalue weighted by molar-refractivity contribution is 9.10. The quantitative estimate of drug-likeness (QED) is 0.760. The Morgan fingerprint density at radius 3 is 2.50 bits per heavy atom. The summed E-state index contributed by atoms with van der Waals surface area (Å²) in [6, 6.07) is 7.52. The van der Waals surface area contributed by atoms with Crippen LogP contribution in [0.2, 0.25) is 0 Å². The fourth-order valence-corrected chi connectivity index (χ4v) is 4.12. The van der Waals surface area contributed by atoms with Crippen LogP contribution in [0.15, 0.2) is 33.6 Å². The molecule has 4 heteroatoms. The standard InChI is InChI=1S/C16H23BrO2S/c1-11(2)15-9-4-12(3)10-16(15)19-20(18)14-7-5-13(17)6-8-14/h5-8,11-12,15-16H,4,9-10H2,1-3H3. The molecular weight excluding hydrogens is 336 g/mol. The van der Waals surface area contributed by atoms with E-state index in [0.29, 0.717) is 17.8 Å². The van der Waals surface area contributed by atoms with Gasteiger partial charge in [-0.3, -0.25) is 4.18 Å². The molecule has 1 aliphatic carbocycles. The molecule has 2 rings (SSSR count). The number of hydrogen-bond acceptors (Lipinski definition) is 2. The molecule has 0 N–H and O–H groups in total. The van der Waals surface area contributed by atoms with E-state index in [0.717, 1.165) is 15.8 Å².